The molecule has 0 aliphatic carbocycles. The number of aromatic nitrogens is 3. The second-order valence-corrected chi connectivity index (χ2v) is 7.44. The second kappa shape index (κ2) is 8.74. The third kappa shape index (κ3) is 4.32. The molecule has 2 heterocycles. The molecule has 2 aromatic carbocycles. The SMILES string of the molecule is Cc1cc(/C=C/C#N)cc(C)c1-c1cc(F)cc2c(N)nc(Nc3ccc(C#N)cn3)nc12. The van der Waals surface area contributed by atoms with Gasteiger partial charge >= 0.3 is 0 Å². The number of halogens is 1. The summed E-state index contributed by atoms with van der Waals surface area (Å²) < 4.78 is 14.6. The van der Waals surface area contributed by atoms with Crippen LogP contribution in [0.1, 0.15) is 22.3 Å². The third-order valence-corrected chi connectivity index (χ3v) is 5.10. The molecular weight excluding hydrogens is 417 g/mol. The lowest BCUT2D eigenvalue weighted by Crippen LogP contribution is -2.04. The Hall–Kier alpha value is -4.82. The first-order valence-electron chi connectivity index (χ1n) is 9.97. The maximum absolute atomic E-state index is 14.6. The highest BCUT2D eigenvalue weighted by molar-refractivity contribution is 6.00. The number of hydrogen-bond acceptors (Lipinski definition) is 7. The van der Waals surface area contributed by atoms with Gasteiger partial charge in [-0.25, -0.2) is 14.4 Å². The number of hydrogen-bond donors (Lipinski definition) is 2. The van der Waals surface area contributed by atoms with Crippen molar-refractivity contribution in [1.82, 2.24) is 15.0 Å². The van der Waals surface area contributed by atoms with Crippen LogP contribution < -0.4 is 11.1 Å². The van der Waals surface area contributed by atoms with Gasteiger partial charge in [0, 0.05) is 23.2 Å². The topological polar surface area (TPSA) is 124 Å². The Morgan fingerprint density at radius 2 is 1.82 bits per heavy atom. The summed E-state index contributed by atoms with van der Waals surface area (Å²) in [4.78, 5) is 13.0. The van der Waals surface area contributed by atoms with Crippen LogP contribution in [0, 0.1) is 42.3 Å². The van der Waals surface area contributed by atoms with Crippen LogP contribution in [0.15, 0.2) is 48.7 Å². The van der Waals surface area contributed by atoms with Gasteiger partial charge in [0.05, 0.1) is 17.1 Å². The molecule has 0 amide bonds. The molecular formula is C25H18FN7. The van der Waals surface area contributed by atoms with Crippen LogP contribution in [-0.4, -0.2) is 15.0 Å². The van der Waals surface area contributed by atoms with Crippen LogP contribution in [-0.2, 0) is 0 Å². The molecule has 0 radical (unpaired) electrons. The minimum Gasteiger partial charge on any atom is -0.383 e. The Bertz CT molecular complexity index is 1470. The highest BCUT2D eigenvalue weighted by Gasteiger charge is 2.17. The fourth-order valence-corrected chi connectivity index (χ4v) is 3.77. The predicted octanol–water partition coefficient (Wildman–Crippen LogP) is 5.18. The van der Waals surface area contributed by atoms with Gasteiger partial charge in [-0.15, -0.1) is 0 Å². The number of rotatable bonds is 4. The van der Waals surface area contributed by atoms with Gasteiger partial charge in [-0.05, 0) is 66.4 Å². The number of fused-ring (bicyclic) bond motifs is 1. The molecule has 7 nitrogen and oxygen atoms in total. The predicted molar refractivity (Wildman–Crippen MR) is 126 cm³/mol. The molecule has 0 spiro atoms. The van der Waals surface area contributed by atoms with Gasteiger partial charge in [0.2, 0.25) is 5.95 Å². The molecule has 0 unspecified atom stereocenters. The quantitative estimate of drug-likeness (QED) is 0.423. The summed E-state index contributed by atoms with van der Waals surface area (Å²) >= 11 is 0. The minimum absolute atomic E-state index is 0.126. The average Bonchev–Trinajstić information content (AvgIpc) is 2.78. The maximum Gasteiger partial charge on any atom is 0.230 e. The molecule has 0 saturated heterocycles. The average molecular weight is 435 g/mol. The highest BCUT2D eigenvalue weighted by Crippen LogP contribution is 2.36. The lowest BCUT2D eigenvalue weighted by molar-refractivity contribution is 0.630. The number of pyridine rings is 1. The van der Waals surface area contributed by atoms with Crippen molar-refractivity contribution >= 4 is 34.6 Å². The van der Waals surface area contributed by atoms with Crippen LogP contribution in [0.2, 0.25) is 0 Å². The van der Waals surface area contributed by atoms with E-state index in [0.717, 1.165) is 22.3 Å². The van der Waals surface area contributed by atoms with E-state index < -0.39 is 5.82 Å². The number of benzene rings is 2. The van der Waals surface area contributed by atoms with E-state index >= 15 is 0 Å². The lowest BCUT2D eigenvalue weighted by Gasteiger charge is -2.15. The van der Waals surface area contributed by atoms with Crippen LogP contribution in [0.3, 0.4) is 0 Å². The molecule has 2 aromatic heterocycles. The summed E-state index contributed by atoms with van der Waals surface area (Å²) in [6.07, 6.45) is 4.57. The summed E-state index contributed by atoms with van der Waals surface area (Å²) in [5.41, 5.74) is 11.2. The first-order valence-corrected chi connectivity index (χ1v) is 9.97. The molecule has 0 saturated carbocycles. The van der Waals surface area contributed by atoms with Gasteiger partial charge in [0.1, 0.15) is 23.5 Å². The zero-order valence-corrected chi connectivity index (χ0v) is 17.9. The molecule has 3 N–H and O–H groups in total. The number of allylic oxidation sites excluding steroid dienone is 1. The van der Waals surface area contributed by atoms with Crippen molar-refractivity contribution in [3.05, 3.63) is 76.7 Å². The van der Waals surface area contributed by atoms with E-state index in [1.54, 1.807) is 18.2 Å². The molecule has 0 fully saturated rings. The first kappa shape index (κ1) is 21.4. The van der Waals surface area contributed by atoms with Crippen molar-refractivity contribution in [2.75, 3.05) is 11.1 Å². The summed E-state index contributed by atoms with van der Waals surface area (Å²) in [6, 6.07) is 13.8. The van der Waals surface area contributed by atoms with E-state index in [-0.39, 0.29) is 11.8 Å². The molecule has 160 valence electrons. The molecule has 4 rings (SSSR count). The minimum atomic E-state index is -0.450. The number of nitriles is 2. The highest BCUT2D eigenvalue weighted by atomic mass is 19.1. The number of aryl methyl sites for hydroxylation is 2. The summed E-state index contributed by atoms with van der Waals surface area (Å²) in [6.45, 7) is 3.85. The van der Waals surface area contributed by atoms with E-state index in [4.69, 9.17) is 16.3 Å². The molecule has 0 aliphatic rings. The Morgan fingerprint density at radius 3 is 2.45 bits per heavy atom. The smallest absolute Gasteiger partial charge is 0.230 e. The molecule has 33 heavy (non-hydrogen) atoms. The maximum atomic E-state index is 14.6. The third-order valence-electron chi connectivity index (χ3n) is 5.10. The van der Waals surface area contributed by atoms with Gasteiger partial charge in [-0.3, -0.25) is 0 Å². The van der Waals surface area contributed by atoms with Crippen LogP contribution >= 0.6 is 0 Å². The fraction of sp³-hybridized carbons (Fsp3) is 0.0800. The Kier molecular flexibility index (Phi) is 5.67. The zero-order chi connectivity index (χ0) is 23.5. The number of nitrogen functional groups attached to an aromatic ring is 1. The van der Waals surface area contributed by atoms with E-state index in [9.17, 15) is 4.39 Å². The Labute approximate surface area is 189 Å². The Balaban J connectivity index is 1.88. The molecule has 4 aromatic rings. The van der Waals surface area contributed by atoms with Gasteiger partial charge in [-0.2, -0.15) is 15.5 Å². The number of nitrogens with zero attached hydrogens (tertiary/aromatic N) is 5. The van der Waals surface area contributed by atoms with E-state index in [1.165, 1.54) is 24.4 Å². The van der Waals surface area contributed by atoms with Crippen molar-refractivity contribution in [1.29, 1.82) is 10.5 Å². The van der Waals surface area contributed by atoms with Gasteiger partial charge < -0.3 is 11.1 Å². The van der Waals surface area contributed by atoms with Crippen LogP contribution in [0.5, 0.6) is 0 Å². The van der Waals surface area contributed by atoms with E-state index in [1.807, 2.05) is 38.1 Å². The summed E-state index contributed by atoms with van der Waals surface area (Å²) in [5, 5.41) is 21.1. The molecule has 0 atom stereocenters. The van der Waals surface area contributed by atoms with Gasteiger partial charge in [0.25, 0.3) is 0 Å². The fourth-order valence-electron chi connectivity index (χ4n) is 3.77. The summed E-state index contributed by atoms with van der Waals surface area (Å²) in [7, 11) is 0. The van der Waals surface area contributed by atoms with Gasteiger partial charge in [-0.1, -0.05) is 12.1 Å². The Morgan fingerprint density at radius 1 is 1.06 bits per heavy atom. The number of nitrogens with one attached hydrogen (secondary N) is 1. The van der Waals surface area contributed by atoms with Gasteiger partial charge in [0.15, 0.2) is 0 Å². The van der Waals surface area contributed by atoms with E-state index in [2.05, 4.69) is 20.3 Å². The van der Waals surface area contributed by atoms with Crippen molar-refractivity contribution < 1.29 is 4.39 Å². The normalized spacial score (nSPS) is 10.8. The molecule has 0 aliphatic heterocycles. The van der Waals surface area contributed by atoms with Crippen molar-refractivity contribution in [2.45, 2.75) is 13.8 Å². The molecule has 8 heteroatoms. The first-order chi connectivity index (χ1) is 15.9. The summed E-state index contributed by atoms with van der Waals surface area (Å²) in [5.74, 6) is 0.321. The van der Waals surface area contributed by atoms with Crippen LogP contribution in [0.4, 0.5) is 22.0 Å². The van der Waals surface area contributed by atoms with Crippen molar-refractivity contribution in [3.63, 3.8) is 0 Å². The van der Waals surface area contributed by atoms with Crippen molar-refractivity contribution in [3.8, 4) is 23.3 Å². The molecule has 0 bridgehead atoms. The van der Waals surface area contributed by atoms with E-state index in [0.29, 0.717) is 27.8 Å². The number of nitrogens with two attached hydrogens (primary N) is 1. The second-order valence-electron chi connectivity index (χ2n) is 7.44. The lowest BCUT2D eigenvalue weighted by atomic mass is 9.92. The standard InChI is InChI=1S/C25H18FN7/c1-14-8-16(4-3-7-27)9-15(2)22(14)19-10-18(26)11-20-23(19)32-25(33-24(20)29)31-21-6-5-17(12-28)13-30-21/h3-6,8-11,13H,1-2H3,(H3,29,30,31,32,33)/b4-3+. The monoisotopic (exact) mass is 435 g/mol. The van der Waals surface area contributed by atoms with Crippen molar-refractivity contribution in [2.24, 2.45) is 0 Å². The van der Waals surface area contributed by atoms with Crippen LogP contribution in [0.25, 0.3) is 28.1 Å². The number of anilines is 3. The zero-order valence-electron chi connectivity index (χ0n) is 17.9. The largest absolute Gasteiger partial charge is 0.383 e.